The molecule has 1 heterocycles. The molecular formula is C20H23FN6. The van der Waals surface area contributed by atoms with Crippen molar-refractivity contribution in [2.75, 3.05) is 6.54 Å². The largest absolute Gasteiger partial charge is 0.357 e. The van der Waals surface area contributed by atoms with Crippen LogP contribution in [0.5, 0.6) is 0 Å². The highest BCUT2D eigenvalue weighted by molar-refractivity contribution is 5.79. The van der Waals surface area contributed by atoms with E-state index in [0.29, 0.717) is 24.6 Å². The summed E-state index contributed by atoms with van der Waals surface area (Å²) in [5.74, 6) is 1.20. The number of aromatic nitrogens is 3. The van der Waals surface area contributed by atoms with Crippen molar-refractivity contribution in [1.82, 2.24) is 25.4 Å². The molecule has 0 aliphatic carbocycles. The summed E-state index contributed by atoms with van der Waals surface area (Å²) in [6.45, 7) is 5.31. The van der Waals surface area contributed by atoms with Crippen LogP contribution in [-0.2, 0) is 13.1 Å². The first-order valence-corrected chi connectivity index (χ1v) is 8.89. The maximum Gasteiger partial charge on any atom is 0.191 e. The van der Waals surface area contributed by atoms with Gasteiger partial charge < -0.3 is 10.6 Å². The molecule has 0 aliphatic heterocycles. The van der Waals surface area contributed by atoms with Crippen molar-refractivity contribution in [2.45, 2.75) is 26.9 Å². The molecule has 0 saturated carbocycles. The summed E-state index contributed by atoms with van der Waals surface area (Å²) in [4.78, 5) is 4.53. The lowest BCUT2D eigenvalue weighted by Crippen LogP contribution is -2.37. The summed E-state index contributed by atoms with van der Waals surface area (Å²) >= 11 is 0. The number of guanidine groups is 1. The zero-order valence-corrected chi connectivity index (χ0v) is 15.5. The highest BCUT2D eigenvalue weighted by Crippen LogP contribution is 2.10. The number of aryl methyl sites for hydroxylation is 1. The van der Waals surface area contributed by atoms with Crippen LogP contribution in [0.1, 0.15) is 23.9 Å². The molecule has 3 aromatic rings. The number of hydrogen-bond acceptors (Lipinski definition) is 3. The summed E-state index contributed by atoms with van der Waals surface area (Å²) in [6.07, 6.45) is 1.69. The van der Waals surface area contributed by atoms with Crippen LogP contribution in [0, 0.1) is 12.7 Å². The maximum atomic E-state index is 13.7. The predicted octanol–water partition coefficient (Wildman–Crippen LogP) is 2.97. The number of rotatable bonds is 6. The first kappa shape index (κ1) is 18.6. The van der Waals surface area contributed by atoms with Gasteiger partial charge in [-0.3, -0.25) is 4.57 Å². The first-order chi connectivity index (χ1) is 13.2. The van der Waals surface area contributed by atoms with E-state index >= 15 is 0 Å². The number of aliphatic imine (C=N–C) groups is 1. The minimum Gasteiger partial charge on any atom is -0.357 e. The summed E-state index contributed by atoms with van der Waals surface area (Å²) in [7, 11) is 0. The minimum atomic E-state index is -0.211. The third kappa shape index (κ3) is 4.91. The molecule has 2 N–H and O–H groups in total. The zero-order valence-electron chi connectivity index (χ0n) is 15.5. The molecule has 0 radical (unpaired) electrons. The number of nitrogens with zero attached hydrogens (tertiary/aromatic N) is 4. The van der Waals surface area contributed by atoms with Gasteiger partial charge in [-0.25, -0.2) is 9.38 Å². The van der Waals surface area contributed by atoms with Crippen LogP contribution in [0.4, 0.5) is 4.39 Å². The second kappa shape index (κ2) is 8.93. The standard InChI is InChI=1S/C20H23FN6/c1-3-22-20(23-12-16-10-9-15(2)18(21)11-16)24-13-19-26-25-14-27(19)17-7-5-4-6-8-17/h4-11,14H,3,12-13H2,1-2H3,(H2,22,23,24). The van der Waals surface area contributed by atoms with E-state index in [4.69, 9.17) is 0 Å². The Morgan fingerprint density at radius 2 is 1.96 bits per heavy atom. The molecular weight excluding hydrogens is 343 g/mol. The average Bonchev–Trinajstić information content (AvgIpc) is 3.16. The molecule has 7 heteroatoms. The molecule has 27 heavy (non-hydrogen) atoms. The van der Waals surface area contributed by atoms with Gasteiger partial charge in [0.25, 0.3) is 0 Å². The van der Waals surface area contributed by atoms with E-state index in [1.54, 1.807) is 19.3 Å². The van der Waals surface area contributed by atoms with Gasteiger partial charge in [0, 0.05) is 12.2 Å². The van der Waals surface area contributed by atoms with Crippen LogP contribution < -0.4 is 10.6 Å². The zero-order chi connectivity index (χ0) is 19.1. The van der Waals surface area contributed by atoms with Crippen LogP contribution in [0.25, 0.3) is 5.69 Å². The average molecular weight is 366 g/mol. The van der Waals surface area contributed by atoms with Crippen molar-refractivity contribution in [1.29, 1.82) is 0 Å². The number of para-hydroxylation sites is 1. The van der Waals surface area contributed by atoms with E-state index in [-0.39, 0.29) is 5.82 Å². The maximum absolute atomic E-state index is 13.7. The van der Waals surface area contributed by atoms with Crippen LogP contribution in [-0.4, -0.2) is 27.3 Å². The van der Waals surface area contributed by atoms with E-state index in [2.05, 4.69) is 25.8 Å². The predicted molar refractivity (Wildman–Crippen MR) is 104 cm³/mol. The Labute approximate surface area is 158 Å². The summed E-state index contributed by atoms with van der Waals surface area (Å²) < 4.78 is 15.6. The number of hydrogen-bond donors (Lipinski definition) is 2. The van der Waals surface area contributed by atoms with E-state index in [1.807, 2.05) is 47.9 Å². The van der Waals surface area contributed by atoms with Crippen molar-refractivity contribution < 1.29 is 4.39 Å². The highest BCUT2D eigenvalue weighted by Gasteiger charge is 2.07. The van der Waals surface area contributed by atoms with Crippen molar-refractivity contribution in [3.05, 3.63) is 77.6 Å². The molecule has 1 aromatic heterocycles. The van der Waals surface area contributed by atoms with Gasteiger partial charge in [-0.15, -0.1) is 10.2 Å². The van der Waals surface area contributed by atoms with Crippen molar-refractivity contribution in [3.63, 3.8) is 0 Å². The van der Waals surface area contributed by atoms with Gasteiger partial charge in [0.1, 0.15) is 12.1 Å². The molecule has 6 nitrogen and oxygen atoms in total. The summed E-state index contributed by atoms with van der Waals surface area (Å²) in [5, 5.41) is 14.6. The van der Waals surface area contributed by atoms with Crippen LogP contribution >= 0.6 is 0 Å². The van der Waals surface area contributed by atoms with Crippen molar-refractivity contribution >= 4 is 5.96 Å². The lowest BCUT2D eigenvalue weighted by atomic mass is 10.1. The minimum absolute atomic E-state index is 0.211. The highest BCUT2D eigenvalue weighted by atomic mass is 19.1. The third-order valence-corrected chi connectivity index (χ3v) is 4.07. The topological polar surface area (TPSA) is 67.1 Å². The van der Waals surface area contributed by atoms with Crippen LogP contribution in [0.15, 0.2) is 59.9 Å². The second-order valence-corrected chi connectivity index (χ2v) is 6.08. The number of benzene rings is 2. The van der Waals surface area contributed by atoms with Gasteiger partial charge in [-0.1, -0.05) is 30.3 Å². The van der Waals surface area contributed by atoms with Gasteiger partial charge in [0.05, 0.1) is 13.1 Å². The Kier molecular flexibility index (Phi) is 6.14. The molecule has 3 rings (SSSR count). The van der Waals surface area contributed by atoms with Gasteiger partial charge >= 0.3 is 0 Å². The fraction of sp³-hybridized carbons (Fsp3) is 0.250. The molecule has 0 spiro atoms. The van der Waals surface area contributed by atoms with Gasteiger partial charge in [0.2, 0.25) is 0 Å². The molecule has 0 fully saturated rings. The van der Waals surface area contributed by atoms with E-state index in [9.17, 15) is 4.39 Å². The van der Waals surface area contributed by atoms with E-state index in [1.165, 1.54) is 6.07 Å². The van der Waals surface area contributed by atoms with Crippen molar-refractivity contribution in [3.8, 4) is 5.69 Å². The smallest absolute Gasteiger partial charge is 0.191 e. The van der Waals surface area contributed by atoms with E-state index in [0.717, 1.165) is 23.6 Å². The number of nitrogens with one attached hydrogen (secondary N) is 2. The third-order valence-electron chi connectivity index (χ3n) is 4.07. The van der Waals surface area contributed by atoms with Crippen LogP contribution in [0.3, 0.4) is 0 Å². The normalized spacial score (nSPS) is 11.4. The Hall–Kier alpha value is -3.22. The molecule has 0 bridgehead atoms. The lowest BCUT2D eigenvalue weighted by Gasteiger charge is -2.12. The molecule has 140 valence electrons. The lowest BCUT2D eigenvalue weighted by molar-refractivity contribution is 0.616. The number of halogens is 1. The SMILES string of the molecule is CCNC(=NCc1ccc(C)c(F)c1)NCc1nncn1-c1ccccc1. The quantitative estimate of drug-likeness (QED) is 0.520. The Morgan fingerprint density at radius 3 is 2.70 bits per heavy atom. The first-order valence-electron chi connectivity index (χ1n) is 8.89. The molecule has 0 amide bonds. The van der Waals surface area contributed by atoms with Gasteiger partial charge in [-0.2, -0.15) is 0 Å². The molecule has 0 aliphatic rings. The molecule has 0 unspecified atom stereocenters. The Balaban J connectivity index is 1.68. The monoisotopic (exact) mass is 366 g/mol. The van der Waals surface area contributed by atoms with Gasteiger partial charge in [0.15, 0.2) is 11.8 Å². The fourth-order valence-corrected chi connectivity index (χ4v) is 2.59. The molecule has 2 aromatic carbocycles. The molecule has 0 saturated heterocycles. The van der Waals surface area contributed by atoms with E-state index < -0.39 is 0 Å². The fourth-order valence-electron chi connectivity index (χ4n) is 2.59. The Morgan fingerprint density at radius 1 is 1.15 bits per heavy atom. The molecule has 0 atom stereocenters. The Bertz CT molecular complexity index is 904. The van der Waals surface area contributed by atoms with Crippen molar-refractivity contribution in [2.24, 2.45) is 4.99 Å². The van der Waals surface area contributed by atoms with Crippen LogP contribution in [0.2, 0.25) is 0 Å². The summed E-state index contributed by atoms with van der Waals surface area (Å²) in [6, 6.07) is 15.1. The summed E-state index contributed by atoms with van der Waals surface area (Å²) in [5.41, 5.74) is 2.45. The van der Waals surface area contributed by atoms with Gasteiger partial charge in [-0.05, 0) is 43.2 Å². The second-order valence-electron chi connectivity index (χ2n) is 6.08.